The van der Waals surface area contributed by atoms with Gasteiger partial charge in [0.2, 0.25) is 0 Å². The van der Waals surface area contributed by atoms with Crippen molar-refractivity contribution in [1.29, 1.82) is 0 Å². The average Bonchev–Trinajstić information content (AvgIpc) is 3.06. The predicted octanol–water partition coefficient (Wildman–Crippen LogP) is 2.34. The summed E-state index contributed by atoms with van der Waals surface area (Å²) in [7, 11) is 0. The number of hydrogen-bond acceptors (Lipinski definition) is 5. The van der Waals surface area contributed by atoms with Gasteiger partial charge in [-0.3, -0.25) is 4.79 Å². The normalized spacial score (nSPS) is 19.1. The van der Waals surface area contributed by atoms with Crippen molar-refractivity contribution >= 4 is 17.3 Å². The van der Waals surface area contributed by atoms with E-state index in [1.54, 1.807) is 36.4 Å². The molecule has 0 aliphatic carbocycles. The van der Waals surface area contributed by atoms with Gasteiger partial charge in [0, 0.05) is 31.2 Å². The lowest BCUT2D eigenvalue weighted by atomic mass is 10.1. The Balaban J connectivity index is 1.65. The first-order valence-electron chi connectivity index (χ1n) is 8.61. The topological polar surface area (TPSA) is 82.6 Å². The number of alkyl halides is 2. The van der Waals surface area contributed by atoms with Gasteiger partial charge in [0.05, 0.1) is 17.4 Å². The van der Waals surface area contributed by atoms with Crippen molar-refractivity contribution in [2.75, 3.05) is 25.0 Å². The number of nitrogens with one attached hydrogen (secondary N) is 3. The molecule has 0 radical (unpaired) electrons. The number of carbonyl (C=O) groups is 1. The quantitative estimate of drug-likeness (QED) is 0.596. The molecule has 27 heavy (non-hydrogen) atoms. The van der Waals surface area contributed by atoms with E-state index >= 15 is 0 Å². The molecule has 6 nitrogen and oxygen atoms in total. The lowest BCUT2D eigenvalue weighted by Crippen LogP contribution is -2.34. The maximum atomic E-state index is 12.5. The Morgan fingerprint density at radius 3 is 2.59 bits per heavy atom. The van der Waals surface area contributed by atoms with Gasteiger partial charge in [-0.2, -0.15) is 8.78 Å². The third-order valence-corrected chi connectivity index (χ3v) is 4.36. The minimum absolute atomic E-state index is 0.0172. The van der Waals surface area contributed by atoms with Gasteiger partial charge >= 0.3 is 6.61 Å². The highest BCUT2D eigenvalue weighted by molar-refractivity contribution is 6.00. The Kier molecular flexibility index (Phi) is 6.20. The van der Waals surface area contributed by atoms with Crippen molar-refractivity contribution < 1.29 is 23.4 Å². The zero-order valence-electron chi connectivity index (χ0n) is 14.5. The predicted molar refractivity (Wildman–Crippen MR) is 97.5 cm³/mol. The first kappa shape index (κ1) is 19.1. The first-order valence-corrected chi connectivity index (χ1v) is 8.61. The van der Waals surface area contributed by atoms with Gasteiger partial charge in [-0.05, 0) is 36.4 Å². The SMILES string of the molecule is O=C(NCC1CNCC1O)c1ccccc1Nc1ccc(OC(F)F)cc1. The number of hydrogen-bond donors (Lipinski definition) is 4. The maximum Gasteiger partial charge on any atom is 0.387 e. The van der Waals surface area contributed by atoms with Gasteiger partial charge < -0.3 is 25.8 Å². The van der Waals surface area contributed by atoms with Crippen molar-refractivity contribution in [3.8, 4) is 5.75 Å². The van der Waals surface area contributed by atoms with Crippen molar-refractivity contribution in [3.63, 3.8) is 0 Å². The van der Waals surface area contributed by atoms with E-state index in [4.69, 9.17) is 0 Å². The second-order valence-corrected chi connectivity index (χ2v) is 6.27. The number of benzene rings is 2. The van der Waals surface area contributed by atoms with E-state index in [2.05, 4.69) is 20.7 Å². The molecule has 8 heteroatoms. The van der Waals surface area contributed by atoms with Gasteiger partial charge in [-0.15, -0.1) is 0 Å². The molecule has 0 spiro atoms. The highest BCUT2D eigenvalue weighted by Crippen LogP contribution is 2.24. The zero-order valence-corrected chi connectivity index (χ0v) is 14.5. The molecule has 0 aromatic heterocycles. The van der Waals surface area contributed by atoms with Gasteiger partial charge in [-0.1, -0.05) is 12.1 Å². The fraction of sp³-hybridized carbons (Fsp3) is 0.316. The largest absolute Gasteiger partial charge is 0.435 e. The van der Waals surface area contributed by atoms with E-state index in [0.29, 0.717) is 36.6 Å². The van der Waals surface area contributed by atoms with E-state index in [1.165, 1.54) is 12.1 Å². The van der Waals surface area contributed by atoms with E-state index in [9.17, 15) is 18.7 Å². The molecule has 1 saturated heterocycles. The number of aliphatic hydroxyl groups is 1. The van der Waals surface area contributed by atoms with E-state index in [-0.39, 0.29) is 17.6 Å². The molecule has 4 N–H and O–H groups in total. The monoisotopic (exact) mass is 377 g/mol. The lowest BCUT2D eigenvalue weighted by molar-refractivity contribution is -0.0498. The van der Waals surface area contributed by atoms with Crippen LogP contribution in [0.4, 0.5) is 20.2 Å². The van der Waals surface area contributed by atoms with Crippen LogP contribution in [0.25, 0.3) is 0 Å². The number of para-hydroxylation sites is 1. The molecule has 3 rings (SSSR count). The lowest BCUT2D eigenvalue weighted by Gasteiger charge is -2.16. The Bertz CT molecular complexity index is 771. The Morgan fingerprint density at radius 2 is 1.93 bits per heavy atom. The number of anilines is 2. The summed E-state index contributed by atoms with van der Waals surface area (Å²) in [4.78, 5) is 12.5. The third kappa shape index (κ3) is 5.15. The molecule has 1 aliphatic rings. The summed E-state index contributed by atoms with van der Waals surface area (Å²) in [6.07, 6.45) is -0.465. The number of aliphatic hydroxyl groups excluding tert-OH is 1. The molecule has 1 fully saturated rings. The summed E-state index contributed by atoms with van der Waals surface area (Å²) in [5.74, 6) is -0.211. The molecule has 2 atom stereocenters. The van der Waals surface area contributed by atoms with Crippen LogP contribution in [0, 0.1) is 5.92 Å². The van der Waals surface area contributed by atoms with E-state index in [1.807, 2.05) is 0 Å². The molecule has 1 heterocycles. The molecule has 0 bridgehead atoms. The van der Waals surface area contributed by atoms with Crippen LogP contribution in [0.3, 0.4) is 0 Å². The molecule has 2 aromatic rings. The number of amides is 1. The fourth-order valence-corrected chi connectivity index (χ4v) is 2.91. The number of β-amino-alcohol motifs (C(OH)–C–C–N with tert-alkyl or cyclic N) is 1. The average molecular weight is 377 g/mol. The van der Waals surface area contributed by atoms with Crippen LogP contribution in [0.2, 0.25) is 0 Å². The van der Waals surface area contributed by atoms with Crippen LogP contribution >= 0.6 is 0 Å². The Labute approximate surface area is 155 Å². The summed E-state index contributed by atoms with van der Waals surface area (Å²) in [6.45, 7) is -1.30. The molecule has 0 saturated carbocycles. The highest BCUT2D eigenvalue weighted by Gasteiger charge is 2.25. The minimum Gasteiger partial charge on any atom is -0.435 e. The molecular weight excluding hydrogens is 356 g/mol. The van der Waals surface area contributed by atoms with E-state index in [0.717, 1.165) is 0 Å². The molecule has 2 unspecified atom stereocenters. The first-order chi connectivity index (χ1) is 13.0. The van der Waals surface area contributed by atoms with Gasteiger partial charge in [0.15, 0.2) is 0 Å². The van der Waals surface area contributed by atoms with Crippen molar-refractivity contribution in [2.45, 2.75) is 12.7 Å². The summed E-state index contributed by atoms with van der Waals surface area (Å²) in [5.41, 5.74) is 1.67. The third-order valence-electron chi connectivity index (χ3n) is 4.36. The maximum absolute atomic E-state index is 12.5. The molecular formula is C19H21F2N3O3. The standard InChI is InChI=1S/C19H21F2N3O3/c20-19(21)27-14-7-5-13(6-8-14)24-16-4-2-1-3-15(16)18(26)23-10-12-9-22-11-17(12)25/h1-8,12,17,19,22,24-25H,9-11H2,(H,23,26). The van der Waals surface area contributed by atoms with Crippen LogP contribution in [-0.2, 0) is 0 Å². The molecule has 1 aliphatic heterocycles. The summed E-state index contributed by atoms with van der Waals surface area (Å²) >= 11 is 0. The van der Waals surface area contributed by atoms with Gasteiger partial charge in [0.25, 0.3) is 5.91 Å². The molecule has 144 valence electrons. The highest BCUT2D eigenvalue weighted by atomic mass is 19.3. The van der Waals surface area contributed by atoms with Gasteiger partial charge in [-0.25, -0.2) is 0 Å². The van der Waals surface area contributed by atoms with Crippen LogP contribution in [0.1, 0.15) is 10.4 Å². The summed E-state index contributed by atoms with van der Waals surface area (Å²) in [6, 6.07) is 13.0. The zero-order chi connectivity index (χ0) is 19.2. The second kappa shape index (κ2) is 8.79. The van der Waals surface area contributed by atoms with Crippen LogP contribution < -0.4 is 20.7 Å². The smallest absolute Gasteiger partial charge is 0.387 e. The van der Waals surface area contributed by atoms with Crippen LogP contribution in [0.15, 0.2) is 48.5 Å². The van der Waals surface area contributed by atoms with Gasteiger partial charge in [0.1, 0.15) is 5.75 Å². The van der Waals surface area contributed by atoms with Crippen molar-refractivity contribution in [1.82, 2.24) is 10.6 Å². The Morgan fingerprint density at radius 1 is 1.19 bits per heavy atom. The number of carbonyl (C=O) groups excluding carboxylic acids is 1. The summed E-state index contributed by atoms with van der Waals surface area (Å²) < 4.78 is 28.8. The molecule has 1 amide bonds. The number of ether oxygens (including phenoxy) is 1. The molecule has 2 aromatic carbocycles. The summed E-state index contributed by atoms with van der Waals surface area (Å²) in [5, 5.41) is 18.8. The number of halogens is 2. The Hall–Kier alpha value is -2.71. The van der Waals surface area contributed by atoms with Crippen LogP contribution in [-0.4, -0.2) is 43.4 Å². The fourth-order valence-electron chi connectivity index (χ4n) is 2.91. The number of rotatable bonds is 7. The van der Waals surface area contributed by atoms with Crippen molar-refractivity contribution in [3.05, 3.63) is 54.1 Å². The van der Waals surface area contributed by atoms with Crippen LogP contribution in [0.5, 0.6) is 5.75 Å². The minimum atomic E-state index is -2.87. The second-order valence-electron chi connectivity index (χ2n) is 6.27. The van der Waals surface area contributed by atoms with E-state index < -0.39 is 12.7 Å². The van der Waals surface area contributed by atoms with Crippen molar-refractivity contribution in [2.24, 2.45) is 5.92 Å².